The highest BCUT2D eigenvalue weighted by Gasteiger charge is 2.19. The van der Waals surface area contributed by atoms with E-state index >= 15 is 0 Å². The van der Waals surface area contributed by atoms with Crippen molar-refractivity contribution in [3.8, 4) is 5.82 Å². The van der Waals surface area contributed by atoms with Crippen molar-refractivity contribution < 1.29 is 4.39 Å². The summed E-state index contributed by atoms with van der Waals surface area (Å²) in [5.41, 5.74) is 0.938. The summed E-state index contributed by atoms with van der Waals surface area (Å²) >= 11 is 5.90. The van der Waals surface area contributed by atoms with Gasteiger partial charge in [0.1, 0.15) is 29.6 Å². The van der Waals surface area contributed by atoms with Crippen molar-refractivity contribution >= 4 is 23.1 Å². The minimum Gasteiger partial charge on any atom is -0.368 e. The fourth-order valence-electron chi connectivity index (χ4n) is 3.14. The van der Waals surface area contributed by atoms with Crippen LogP contribution in [0.5, 0.6) is 0 Å². The SMILES string of the molecule is Cc1nccn1-c1cc(N2CCN(c3ccc(F)c(Cl)c3)CC2)ncn1. The summed E-state index contributed by atoms with van der Waals surface area (Å²) in [6.45, 7) is 5.19. The van der Waals surface area contributed by atoms with Crippen LogP contribution in [0.3, 0.4) is 0 Å². The van der Waals surface area contributed by atoms with Crippen molar-refractivity contribution in [2.24, 2.45) is 0 Å². The van der Waals surface area contributed by atoms with Crippen LogP contribution in [-0.4, -0.2) is 45.7 Å². The summed E-state index contributed by atoms with van der Waals surface area (Å²) in [7, 11) is 0. The highest BCUT2D eigenvalue weighted by Crippen LogP contribution is 2.25. The molecule has 1 aliphatic rings. The van der Waals surface area contributed by atoms with E-state index in [0.717, 1.165) is 49.3 Å². The van der Waals surface area contributed by atoms with Gasteiger partial charge in [0.05, 0.1) is 5.02 Å². The molecule has 1 saturated heterocycles. The number of aryl methyl sites for hydroxylation is 1. The van der Waals surface area contributed by atoms with Gasteiger partial charge in [0.2, 0.25) is 0 Å². The Morgan fingerprint density at radius 2 is 1.69 bits per heavy atom. The van der Waals surface area contributed by atoms with Crippen molar-refractivity contribution in [2.45, 2.75) is 6.92 Å². The summed E-state index contributed by atoms with van der Waals surface area (Å²) in [5.74, 6) is 2.18. The molecule has 0 atom stereocenters. The average molecular weight is 373 g/mol. The zero-order valence-electron chi connectivity index (χ0n) is 14.3. The first-order valence-corrected chi connectivity index (χ1v) is 8.77. The van der Waals surface area contributed by atoms with E-state index in [2.05, 4.69) is 24.8 Å². The molecule has 0 spiro atoms. The number of benzene rings is 1. The molecule has 3 aromatic rings. The Morgan fingerprint density at radius 1 is 0.962 bits per heavy atom. The number of anilines is 2. The molecule has 1 fully saturated rings. The van der Waals surface area contributed by atoms with E-state index in [1.54, 1.807) is 24.7 Å². The number of rotatable bonds is 3. The van der Waals surface area contributed by atoms with Gasteiger partial charge in [-0.2, -0.15) is 0 Å². The molecule has 0 unspecified atom stereocenters. The van der Waals surface area contributed by atoms with Gasteiger partial charge in [-0.25, -0.2) is 19.3 Å². The van der Waals surface area contributed by atoms with Crippen molar-refractivity contribution in [2.75, 3.05) is 36.0 Å². The van der Waals surface area contributed by atoms with Gasteiger partial charge in [-0.1, -0.05) is 11.6 Å². The molecule has 0 aliphatic carbocycles. The van der Waals surface area contributed by atoms with Crippen LogP contribution in [-0.2, 0) is 0 Å². The summed E-state index contributed by atoms with van der Waals surface area (Å²) in [5, 5.41) is 0.154. The van der Waals surface area contributed by atoms with Crippen molar-refractivity contribution in [1.29, 1.82) is 0 Å². The lowest BCUT2D eigenvalue weighted by Gasteiger charge is -2.36. The number of halogens is 2. The van der Waals surface area contributed by atoms with Crippen LogP contribution in [0.1, 0.15) is 5.82 Å². The lowest BCUT2D eigenvalue weighted by Crippen LogP contribution is -2.46. The minimum atomic E-state index is -0.391. The molecule has 0 radical (unpaired) electrons. The second-order valence-electron chi connectivity index (χ2n) is 6.15. The number of hydrogen-bond donors (Lipinski definition) is 0. The lowest BCUT2D eigenvalue weighted by molar-refractivity contribution is 0.624. The number of hydrogen-bond acceptors (Lipinski definition) is 5. The van der Waals surface area contributed by atoms with Crippen LogP contribution >= 0.6 is 11.6 Å². The van der Waals surface area contributed by atoms with Crippen LogP contribution < -0.4 is 9.80 Å². The van der Waals surface area contributed by atoms with Gasteiger partial charge in [-0.3, -0.25) is 4.57 Å². The van der Waals surface area contributed by atoms with Gasteiger partial charge in [0.15, 0.2) is 0 Å². The average Bonchev–Trinajstić information content (AvgIpc) is 3.10. The fraction of sp³-hybridized carbons (Fsp3) is 0.278. The van der Waals surface area contributed by atoms with Crippen LogP contribution in [0.2, 0.25) is 5.02 Å². The Balaban J connectivity index is 1.48. The highest BCUT2D eigenvalue weighted by atomic mass is 35.5. The zero-order valence-corrected chi connectivity index (χ0v) is 15.1. The summed E-state index contributed by atoms with van der Waals surface area (Å²) in [4.78, 5) is 17.4. The van der Waals surface area contributed by atoms with Gasteiger partial charge in [-0.05, 0) is 25.1 Å². The molecule has 4 rings (SSSR count). The highest BCUT2D eigenvalue weighted by molar-refractivity contribution is 6.31. The van der Waals surface area contributed by atoms with E-state index in [1.165, 1.54) is 6.07 Å². The van der Waals surface area contributed by atoms with E-state index in [0.29, 0.717) is 0 Å². The van der Waals surface area contributed by atoms with Gasteiger partial charge >= 0.3 is 0 Å². The van der Waals surface area contributed by atoms with E-state index in [9.17, 15) is 4.39 Å². The van der Waals surface area contributed by atoms with Gasteiger partial charge in [-0.15, -0.1) is 0 Å². The van der Waals surface area contributed by atoms with E-state index in [-0.39, 0.29) is 5.02 Å². The molecular weight excluding hydrogens is 355 g/mol. The second-order valence-corrected chi connectivity index (χ2v) is 6.56. The Hall–Kier alpha value is -2.67. The molecule has 0 N–H and O–H groups in total. The topological polar surface area (TPSA) is 50.1 Å². The Morgan fingerprint density at radius 3 is 2.38 bits per heavy atom. The quantitative estimate of drug-likeness (QED) is 0.707. The van der Waals surface area contributed by atoms with Crippen molar-refractivity contribution in [1.82, 2.24) is 19.5 Å². The number of nitrogens with zero attached hydrogens (tertiary/aromatic N) is 6. The second kappa shape index (κ2) is 6.92. The van der Waals surface area contributed by atoms with Crippen molar-refractivity contribution in [3.63, 3.8) is 0 Å². The minimum absolute atomic E-state index is 0.154. The third kappa shape index (κ3) is 3.22. The summed E-state index contributed by atoms with van der Waals surface area (Å²) in [6.07, 6.45) is 5.22. The molecule has 26 heavy (non-hydrogen) atoms. The van der Waals surface area contributed by atoms with E-state index in [4.69, 9.17) is 11.6 Å². The Bertz CT molecular complexity index is 920. The van der Waals surface area contributed by atoms with Gasteiger partial charge < -0.3 is 9.80 Å². The maximum absolute atomic E-state index is 13.4. The third-order valence-corrected chi connectivity index (χ3v) is 4.87. The molecular formula is C18H18ClFN6. The van der Waals surface area contributed by atoms with E-state index in [1.807, 2.05) is 23.8 Å². The van der Waals surface area contributed by atoms with Crippen molar-refractivity contribution in [3.05, 3.63) is 59.7 Å². The van der Waals surface area contributed by atoms with Crippen LogP contribution in [0, 0.1) is 12.7 Å². The standard InChI is InChI=1S/C18H18ClFN6/c1-13-21-4-5-26(13)18-11-17(22-12-23-18)25-8-6-24(7-9-25)14-2-3-16(20)15(19)10-14/h2-5,10-12H,6-9H2,1H3. The third-order valence-electron chi connectivity index (χ3n) is 4.58. The molecule has 0 bridgehead atoms. The molecule has 1 aromatic carbocycles. The summed E-state index contributed by atoms with van der Waals surface area (Å²) in [6, 6.07) is 6.83. The maximum Gasteiger partial charge on any atom is 0.143 e. The predicted octanol–water partition coefficient (Wildman–Crippen LogP) is 3.09. The normalized spacial score (nSPS) is 14.7. The molecule has 3 heterocycles. The predicted molar refractivity (Wildman–Crippen MR) is 99.7 cm³/mol. The van der Waals surface area contributed by atoms with Crippen LogP contribution in [0.15, 0.2) is 43.0 Å². The molecule has 6 nitrogen and oxygen atoms in total. The molecule has 0 amide bonds. The van der Waals surface area contributed by atoms with Gasteiger partial charge in [0, 0.05) is 50.3 Å². The molecule has 8 heteroatoms. The fourth-order valence-corrected chi connectivity index (χ4v) is 3.31. The molecule has 2 aromatic heterocycles. The number of aromatic nitrogens is 4. The summed E-state index contributed by atoms with van der Waals surface area (Å²) < 4.78 is 15.3. The zero-order chi connectivity index (χ0) is 18.1. The van der Waals surface area contributed by atoms with Crippen LogP contribution in [0.25, 0.3) is 5.82 Å². The van der Waals surface area contributed by atoms with E-state index < -0.39 is 5.82 Å². The number of imidazole rings is 1. The largest absolute Gasteiger partial charge is 0.368 e. The molecule has 134 valence electrons. The first kappa shape index (κ1) is 16.8. The van der Waals surface area contributed by atoms with Gasteiger partial charge in [0.25, 0.3) is 0 Å². The lowest BCUT2D eigenvalue weighted by atomic mass is 10.2. The Labute approximate surface area is 155 Å². The smallest absolute Gasteiger partial charge is 0.143 e. The maximum atomic E-state index is 13.4. The molecule has 0 saturated carbocycles. The Kier molecular flexibility index (Phi) is 4.46. The first-order valence-electron chi connectivity index (χ1n) is 8.39. The molecule has 1 aliphatic heterocycles. The first-order chi connectivity index (χ1) is 12.6. The van der Waals surface area contributed by atoms with Crippen LogP contribution in [0.4, 0.5) is 15.9 Å². The number of piperazine rings is 1. The monoisotopic (exact) mass is 372 g/mol.